The molecular formula is C14H22N2O4. The van der Waals surface area contributed by atoms with Gasteiger partial charge in [0.05, 0.1) is 27.4 Å². The van der Waals surface area contributed by atoms with E-state index < -0.39 is 5.60 Å². The van der Waals surface area contributed by atoms with Gasteiger partial charge >= 0.3 is 0 Å². The van der Waals surface area contributed by atoms with Crippen LogP contribution in [0.5, 0.6) is 11.5 Å². The van der Waals surface area contributed by atoms with Gasteiger partial charge in [0.15, 0.2) is 11.5 Å². The van der Waals surface area contributed by atoms with E-state index in [1.165, 1.54) is 0 Å². The molecule has 1 unspecified atom stereocenters. The number of nitrogens with two attached hydrogens (primary N) is 1. The van der Waals surface area contributed by atoms with Crippen LogP contribution in [0.25, 0.3) is 0 Å². The SMILES string of the molecule is COc1ccnc(COC2(CN)CCCOC2)c1OC. The second-order valence-corrected chi connectivity index (χ2v) is 4.83. The normalized spacial score (nSPS) is 22.6. The molecule has 1 aliphatic heterocycles. The summed E-state index contributed by atoms with van der Waals surface area (Å²) in [6.45, 7) is 2.04. The number of ether oxygens (including phenoxy) is 4. The van der Waals surface area contributed by atoms with Crippen molar-refractivity contribution in [2.45, 2.75) is 25.0 Å². The molecule has 0 saturated carbocycles. The fourth-order valence-corrected chi connectivity index (χ4v) is 2.34. The van der Waals surface area contributed by atoms with E-state index in [9.17, 15) is 0 Å². The van der Waals surface area contributed by atoms with Gasteiger partial charge in [-0.25, -0.2) is 0 Å². The van der Waals surface area contributed by atoms with Gasteiger partial charge in [-0.1, -0.05) is 0 Å². The summed E-state index contributed by atoms with van der Waals surface area (Å²) in [6, 6.07) is 1.75. The van der Waals surface area contributed by atoms with E-state index in [0.717, 1.165) is 19.4 Å². The van der Waals surface area contributed by atoms with E-state index in [-0.39, 0.29) is 0 Å². The largest absolute Gasteiger partial charge is 0.493 e. The van der Waals surface area contributed by atoms with Gasteiger partial charge in [-0.3, -0.25) is 4.98 Å². The minimum Gasteiger partial charge on any atom is -0.493 e. The molecule has 2 N–H and O–H groups in total. The third-order valence-electron chi connectivity index (χ3n) is 3.54. The van der Waals surface area contributed by atoms with Gasteiger partial charge in [0, 0.05) is 25.4 Å². The van der Waals surface area contributed by atoms with Crippen molar-refractivity contribution in [2.24, 2.45) is 5.73 Å². The van der Waals surface area contributed by atoms with Crippen LogP contribution >= 0.6 is 0 Å². The molecule has 0 aromatic carbocycles. The molecule has 112 valence electrons. The van der Waals surface area contributed by atoms with Crippen LogP contribution in [-0.2, 0) is 16.1 Å². The summed E-state index contributed by atoms with van der Waals surface area (Å²) in [5.74, 6) is 1.24. The maximum atomic E-state index is 6.00. The van der Waals surface area contributed by atoms with E-state index in [0.29, 0.717) is 37.0 Å². The van der Waals surface area contributed by atoms with Crippen LogP contribution in [0, 0.1) is 0 Å². The van der Waals surface area contributed by atoms with Gasteiger partial charge in [-0.15, -0.1) is 0 Å². The minimum absolute atomic E-state index is 0.320. The van der Waals surface area contributed by atoms with Crippen molar-refractivity contribution in [1.29, 1.82) is 0 Å². The first kappa shape index (κ1) is 15.0. The first-order valence-electron chi connectivity index (χ1n) is 6.72. The molecule has 6 heteroatoms. The van der Waals surface area contributed by atoms with Crippen LogP contribution in [0.15, 0.2) is 12.3 Å². The third kappa shape index (κ3) is 3.20. The predicted molar refractivity (Wildman–Crippen MR) is 74.0 cm³/mol. The van der Waals surface area contributed by atoms with E-state index >= 15 is 0 Å². The van der Waals surface area contributed by atoms with Crippen LogP contribution in [-0.4, -0.2) is 44.6 Å². The monoisotopic (exact) mass is 282 g/mol. The lowest BCUT2D eigenvalue weighted by Crippen LogP contribution is -2.47. The molecular weight excluding hydrogens is 260 g/mol. The zero-order valence-corrected chi connectivity index (χ0v) is 12.1. The van der Waals surface area contributed by atoms with Gasteiger partial charge < -0.3 is 24.7 Å². The minimum atomic E-state index is -0.423. The summed E-state index contributed by atoms with van der Waals surface area (Å²) in [5, 5.41) is 0. The topological polar surface area (TPSA) is 75.8 Å². The highest BCUT2D eigenvalue weighted by Crippen LogP contribution is 2.31. The average Bonchev–Trinajstić information content (AvgIpc) is 2.53. The summed E-state index contributed by atoms with van der Waals surface area (Å²) in [5.41, 5.74) is 6.12. The Morgan fingerprint density at radius 3 is 2.85 bits per heavy atom. The highest BCUT2D eigenvalue weighted by Gasteiger charge is 2.33. The van der Waals surface area contributed by atoms with Gasteiger partial charge in [0.1, 0.15) is 11.3 Å². The summed E-state index contributed by atoms with van der Waals surface area (Å²) >= 11 is 0. The number of hydrogen-bond donors (Lipinski definition) is 1. The van der Waals surface area contributed by atoms with Crippen molar-refractivity contribution < 1.29 is 18.9 Å². The summed E-state index contributed by atoms with van der Waals surface area (Å²) in [4.78, 5) is 4.30. The molecule has 0 aliphatic carbocycles. The number of rotatable bonds is 6. The van der Waals surface area contributed by atoms with Gasteiger partial charge in [0.2, 0.25) is 0 Å². The second kappa shape index (κ2) is 6.88. The van der Waals surface area contributed by atoms with Crippen LogP contribution in [0.4, 0.5) is 0 Å². The predicted octanol–water partition coefficient (Wildman–Crippen LogP) is 1.12. The molecule has 6 nitrogen and oxygen atoms in total. The van der Waals surface area contributed by atoms with Crippen LogP contribution in [0.3, 0.4) is 0 Å². The van der Waals surface area contributed by atoms with E-state index in [1.54, 1.807) is 26.5 Å². The lowest BCUT2D eigenvalue weighted by molar-refractivity contribution is -0.131. The first-order chi connectivity index (χ1) is 9.74. The molecule has 1 fully saturated rings. The molecule has 2 heterocycles. The number of methoxy groups -OCH3 is 2. The molecule has 1 aromatic heterocycles. The molecule has 1 saturated heterocycles. The van der Waals surface area contributed by atoms with Crippen LogP contribution in [0.2, 0.25) is 0 Å². The van der Waals surface area contributed by atoms with Crippen molar-refractivity contribution in [3.8, 4) is 11.5 Å². The average molecular weight is 282 g/mol. The van der Waals surface area contributed by atoms with E-state index in [4.69, 9.17) is 24.7 Å². The van der Waals surface area contributed by atoms with Gasteiger partial charge in [-0.2, -0.15) is 0 Å². The zero-order chi connectivity index (χ0) is 14.4. The second-order valence-electron chi connectivity index (χ2n) is 4.83. The van der Waals surface area contributed by atoms with Crippen molar-refractivity contribution in [1.82, 2.24) is 4.98 Å². The number of aromatic nitrogens is 1. The Hall–Kier alpha value is -1.37. The Balaban J connectivity index is 2.09. The third-order valence-corrected chi connectivity index (χ3v) is 3.54. The van der Waals surface area contributed by atoms with Crippen LogP contribution in [0.1, 0.15) is 18.5 Å². The molecule has 0 bridgehead atoms. The highest BCUT2D eigenvalue weighted by atomic mass is 16.5. The van der Waals surface area contributed by atoms with Crippen LogP contribution < -0.4 is 15.2 Å². The standard InChI is InChI=1S/C14H22N2O4/c1-17-12-4-6-16-11(13(12)18-2)8-20-14(9-15)5-3-7-19-10-14/h4,6H,3,5,7-10,15H2,1-2H3. The molecule has 0 amide bonds. The summed E-state index contributed by atoms with van der Waals surface area (Å²) in [6.07, 6.45) is 3.53. The quantitative estimate of drug-likeness (QED) is 0.842. The van der Waals surface area contributed by atoms with Gasteiger partial charge in [0.25, 0.3) is 0 Å². The highest BCUT2D eigenvalue weighted by molar-refractivity contribution is 5.42. The fraction of sp³-hybridized carbons (Fsp3) is 0.643. The first-order valence-corrected chi connectivity index (χ1v) is 6.72. The summed E-state index contributed by atoms with van der Waals surface area (Å²) in [7, 11) is 3.18. The number of nitrogens with zero attached hydrogens (tertiary/aromatic N) is 1. The molecule has 20 heavy (non-hydrogen) atoms. The molecule has 1 aromatic rings. The smallest absolute Gasteiger partial charge is 0.184 e. The van der Waals surface area contributed by atoms with Crippen molar-refractivity contribution in [2.75, 3.05) is 34.0 Å². The van der Waals surface area contributed by atoms with Crippen molar-refractivity contribution >= 4 is 0 Å². The lowest BCUT2D eigenvalue weighted by Gasteiger charge is -2.35. The zero-order valence-electron chi connectivity index (χ0n) is 12.1. The Labute approximate surface area is 119 Å². The Morgan fingerprint density at radius 2 is 2.25 bits per heavy atom. The van der Waals surface area contributed by atoms with Crippen molar-refractivity contribution in [3.05, 3.63) is 18.0 Å². The van der Waals surface area contributed by atoms with E-state index in [2.05, 4.69) is 4.98 Å². The Morgan fingerprint density at radius 1 is 1.40 bits per heavy atom. The van der Waals surface area contributed by atoms with Gasteiger partial charge in [-0.05, 0) is 12.8 Å². The molecule has 1 aliphatic rings. The Kier molecular flexibility index (Phi) is 5.17. The molecule has 0 radical (unpaired) electrons. The maximum absolute atomic E-state index is 6.00. The Bertz CT molecular complexity index is 433. The molecule has 0 spiro atoms. The van der Waals surface area contributed by atoms with E-state index in [1.807, 2.05) is 0 Å². The fourth-order valence-electron chi connectivity index (χ4n) is 2.34. The number of pyridine rings is 1. The lowest BCUT2D eigenvalue weighted by atomic mass is 9.96. The molecule has 2 rings (SSSR count). The van der Waals surface area contributed by atoms with Crippen molar-refractivity contribution in [3.63, 3.8) is 0 Å². The molecule has 1 atom stereocenters. The maximum Gasteiger partial charge on any atom is 0.184 e. The number of hydrogen-bond acceptors (Lipinski definition) is 6. The summed E-state index contributed by atoms with van der Waals surface area (Å²) < 4.78 is 22.1.